The number of hydrogen-bond acceptors (Lipinski definition) is 4. The van der Waals surface area contributed by atoms with Gasteiger partial charge >= 0.3 is 0 Å². The molecule has 2 aromatic rings. The van der Waals surface area contributed by atoms with E-state index in [-0.39, 0.29) is 16.3 Å². The van der Waals surface area contributed by atoms with E-state index in [2.05, 4.69) is 10.5 Å². The van der Waals surface area contributed by atoms with Crippen LogP contribution in [-0.2, 0) is 0 Å². The fraction of sp³-hybridized carbons (Fsp3) is 0.0667. The van der Waals surface area contributed by atoms with Crippen LogP contribution in [0.1, 0.15) is 15.9 Å². The van der Waals surface area contributed by atoms with Gasteiger partial charge in [-0.15, -0.1) is 0 Å². The van der Waals surface area contributed by atoms with Crippen LogP contribution in [-0.4, -0.2) is 24.3 Å². The van der Waals surface area contributed by atoms with Crippen LogP contribution in [0, 0.1) is 0 Å². The van der Waals surface area contributed by atoms with E-state index in [9.17, 15) is 9.90 Å². The van der Waals surface area contributed by atoms with Crippen molar-refractivity contribution in [2.45, 2.75) is 0 Å². The number of benzene rings is 2. The van der Waals surface area contributed by atoms with Crippen LogP contribution in [0.5, 0.6) is 11.5 Å². The van der Waals surface area contributed by atoms with Gasteiger partial charge in [-0.25, -0.2) is 5.43 Å². The Morgan fingerprint density at radius 2 is 2.05 bits per heavy atom. The molecule has 5 nitrogen and oxygen atoms in total. The molecule has 0 saturated carbocycles. The summed E-state index contributed by atoms with van der Waals surface area (Å²) in [5.74, 6) is 0.0641. The summed E-state index contributed by atoms with van der Waals surface area (Å²) in [7, 11) is 1.51. The summed E-state index contributed by atoms with van der Waals surface area (Å²) in [5.41, 5.74) is 2.92. The quantitative estimate of drug-likeness (QED) is 0.662. The lowest BCUT2D eigenvalue weighted by Gasteiger charge is -2.04. The number of methoxy groups -OCH3 is 1. The van der Waals surface area contributed by atoms with Crippen molar-refractivity contribution < 1.29 is 14.6 Å². The molecule has 0 radical (unpaired) electrons. The van der Waals surface area contributed by atoms with E-state index < -0.39 is 5.91 Å². The Kier molecular flexibility index (Phi) is 5.25. The topological polar surface area (TPSA) is 70.9 Å². The van der Waals surface area contributed by atoms with Gasteiger partial charge in [0.2, 0.25) is 0 Å². The summed E-state index contributed by atoms with van der Waals surface area (Å²) >= 11 is 11.7. The van der Waals surface area contributed by atoms with E-state index in [4.69, 9.17) is 27.9 Å². The molecule has 0 bridgehead atoms. The van der Waals surface area contributed by atoms with Gasteiger partial charge in [0.1, 0.15) is 11.5 Å². The number of hydrazone groups is 1. The predicted octanol–water partition coefficient (Wildman–Crippen LogP) is 3.47. The molecule has 0 heterocycles. The number of nitrogens with one attached hydrogen (secondary N) is 1. The Bertz CT molecular complexity index is 733. The Labute approximate surface area is 137 Å². The fourth-order valence-corrected chi connectivity index (χ4v) is 2.03. The lowest BCUT2D eigenvalue weighted by Crippen LogP contribution is -2.18. The first-order valence-electron chi connectivity index (χ1n) is 6.16. The number of aromatic hydroxyl groups is 1. The molecule has 0 saturated heterocycles. The predicted molar refractivity (Wildman–Crippen MR) is 86.2 cm³/mol. The molecule has 0 aliphatic carbocycles. The van der Waals surface area contributed by atoms with Crippen LogP contribution in [0.3, 0.4) is 0 Å². The fourth-order valence-electron chi connectivity index (χ4n) is 1.66. The van der Waals surface area contributed by atoms with Crippen molar-refractivity contribution in [3.63, 3.8) is 0 Å². The number of phenolic OH excluding ortho intramolecular Hbond substituents is 1. The SMILES string of the molecule is COc1ccc(O)c(/C=N/NC(=O)c2cc(Cl)ccc2Cl)c1. The van der Waals surface area contributed by atoms with Crippen LogP contribution in [0.15, 0.2) is 41.5 Å². The molecule has 0 spiro atoms. The molecule has 0 aromatic heterocycles. The summed E-state index contributed by atoms with van der Waals surface area (Å²) in [6.07, 6.45) is 1.30. The summed E-state index contributed by atoms with van der Waals surface area (Å²) in [6.45, 7) is 0. The molecule has 2 aromatic carbocycles. The summed E-state index contributed by atoms with van der Waals surface area (Å²) in [4.78, 5) is 12.0. The van der Waals surface area contributed by atoms with Gasteiger partial charge in [0, 0.05) is 10.6 Å². The van der Waals surface area contributed by atoms with Gasteiger partial charge in [-0.1, -0.05) is 23.2 Å². The number of nitrogens with zero attached hydrogens (tertiary/aromatic N) is 1. The molecule has 22 heavy (non-hydrogen) atoms. The number of halogens is 2. The van der Waals surface area contributed by atoms with Gasteiger partial charge in [0.25, 0.3) is 5.91 Å². The molecular weight excluding hydrogens is 327 g/mol. The van der Waals surface area contributed by atoms with Crippen LogP contribution in [0.4, 0.5) is 0 Å². The molecule has 2 rings (SSSR count). The number of carbonyl (C=O) groups is 1. The Balaban J connectivity index is 2.12. The number of phenols is 1. The lowest BCUT2D eigenvalue weighted by atomic mass is 10.2. The van der Waals surface area contributed by atoms with Gasteiger partial charge in [-0.05, 0) is 36.4 Å². The Morgan fingerprint density at radius 3 is 2.77 bits per heavy atom. The normalized spacial score (nSPS) is 10.7. The van der Waals surface area contributed by atoms with Crippen molar-refractivity contribution in [1.29, 1.82) is 0 Å². The third kappa shape index (κ3) is 3.90. The second-order valence-corrected chi connectivity index (χ2v) is 5.09. The van der Waals surface area contributed by atoms with Crippen molar-refractivity contribution in [3.05, 3.63) is 57.6 Å². The number of carbonyl (C=O) groups excluding carboxylic acids is 1. The molecular formula is C15H12Cl2N2O3. The zero-order chi connectivity index (χ0) is 16.1. The number of hydrogen-bond donors (Lipinski definition) is 2. The first kappa shape index (κ1) is 16.1. The summed E-state index contributed by atoms with van der Waals surface area (Å²) in [6, 6.07) is 9.20. The second-order valence-electron chi connectivity index (χ2n) is 4.25. The van der Waals surface area contributed by atoms with E-state index in [0.29, 0.717) is 16.3 Å². The maximum Gasteiger partial charge on any atom is 0.272 e. The van der Waals surface area contributed by atoms with Crippen molar-refractivity contribution >= 4 is 35.3 Å². The molecule has 0 atom stereocenters. The van der Waals surface area contributed by atoms with Gasteiger partial charge in [-0.2, -0.15) is 5.10 Å². The zero-order valence-electron chi connectivity index (χ0n) is 11.5. The minimum Gasteiger partial charge on any atom is -0.507 e. The van der Waals surface area contributed by atoms with Gasteiger partial charge < -0.3 is 9.84 Å². The van der Waals surface area contributed by atoms with Crippen LogP contribution < -0.4 is 10.2 Å². The van der Waals surface area contributed by atoms with E-state index in [0.717, 1.165) is 0 Å². The molecule has 0 aliphatic heterocycles. The summed E-state index contributed by atoms with van der Waals surface area (Å²) < 4.78 is 5.04. The van der Waals surface area contributed by atoms with Crippen molar-refractivity contribution in [2.75, 3.05) is 7.11 Å². The van der Waals surface area contributed by atoms with Crippen molar-refractivity contribution in [1.82, 2.24) is 5.43 Å². The molecule has 114 valence electrons. The minimum absolute atomic E-state index is 0.0135. The zero-order valence-corrected chi connectivity index (χ0v) is 13.0. The van der Waals surface area contributed by atoms with Crippen LogP contribution in [0.25, 0.3) is 0 Å². The smallest absolute Gasteiger partial charge is 0.272 e. The summed E-state index contributed by atoms with van der Waals surface area (Å²) in [5, 5.41) is 14.1. The third-order valence-corrected chi connectivity index (χ3v) is 3.34. The first-order valence-corrected chi connectivity index (χ1v) is 6.92. The average Bonchev–Trinajstić information content (AvgIpc) is 2.51. The minimum atomic E-state index is -0.508. The monoisotopic (exact) mass is 338 g/mol. The molecule has 2 N–H and O–H groups in total. The first-order chi connectivity index (χ1) is 10.5. The highest BCUT2D eigenvalue weighted by Crippen LogP contribution is 2.22. The van der Waals surface area contributed by atoms with Crippen molar-refractivity contribution in [2.24, 2.45) is 5.10 Å². The number of ether oxygens (including phenoxy) is 1. The third-order valence-electron chi connectivity index (χ3n) is 2.78. The van der Waals surface area contributed by atoms with Gasteiger partial charge in [0.15, 0.2) is 0 Å². The van der Waals surface area contributed by atoms with Gasteiger partial charge in [-0.3, -0.25) is 4.79 Å². The average molecular weight is 339 g/mol. The van der Waals surface area contributed by atoms with E-state index in [1.165, 1.54) is 31.5 Å². The standard InChI is InChI=1S/C15H12Cl2N2O3/c1-22-11-3-5-14(20)9(6-11)8-18-19-15(21)12-7-10(16)2-4-13(12)17/h2-8,20H,1H3,(H,19,21)/b18-8+. The van der Waals surface area contributed by atoms with Crippen LogP contribution >= 0.6 is 23.2 Å². The molecule has 0 fully saturated rings. The van der Waals surface area contributed by atoms with Crippen molar-refractivity contribution in [3.8, 4) is 11.5 Å². The highest BCUT2D eigenvalue weighted by atomic mass is 35.5. The molecule has 0 unspecified atom stereocenters. The second kappa shape index (κ2) is 7.15. The van der Waals surface area contributed by atoms with E-state index in [1.54, 1.807) is 18.2 Å². The Hall–Kier alpha value is -2.24. The number of rotatable bonds is 4. The highest BCUT2D eigenvalue weighted by molar-refractivity contribution is 6.35. The van der Waals surface area contributed by atoms with E-state index >= 15 is 0 Å². The van der Waals surface area contributed by atoms with E-state index in [1.807, 2.05) is 0 Å². The Morgan fingerprint density at radius 1 is 1.27 bits per heavy atom. The molecule has 7 heteroatoms. The maximum atomic E-state index is 12.0. The maximum absolute atomic E-state index is 12.0. The lowest BCUT2D eigenvalue weighted by molar-refractivity contribution is 0.0955. The number of amides is 1. The van der Waals surface area contributed by atoms with Crippen LogP contribution in [0.2, 0.25) is 10.0 Å². The molecule has 0 aliphatic rings. The largest absolute Gasteiger partial charge is 0.507 e. The highest BCUT2D eigenvalue weighted by Gasteiger charge is 2.10. The molecule has 1 amide bonds. The van der Waals surface area contributed by atoms with Gasteiger partial charge in [0.05, 0.1) is 23.9 Å².